The smallest absolute Gasteiger partial charge is 0.229 e. The number of carbonyl (C=O) groups excluding carboxylic acids is 1. The largest absolute Gasteiger partial charge is 0.343 e. The molecule has 5 heteroatoms. The summed E-state index contributed by atoms with van der Waals surface area (Å²) in [5.41, 5.74) is -0.729. The molecule has 0 aromatic rings. The van der Waals surface area contributed by atoms with Gasteiger partial charge in [0.25, 0.3) is 0 Å². The molecule has 2 aliphatic rings. The topological polar surface area (TPSA) is 38.8 Å². The zero-order valence-electron chi connectivity index (χ0n) is 9.61. The minimum atomic E-state index is -0.444. The molecule has 0 bridgehead atoms. The predicted molar refractivity (Wildman–Crippen MR) is 59.0 cm³/mol. The van der Waals surface area contributed by atoms with Crippen LogP contribution in [0.1, 0.15) is 27.2 Å². The molecule has 0 aromatic heterocycles. The summed E-state index contributed by atoms with van der Waals surface area (Å²) in [5, 5.41) is 0. The monoisotopic (exact) mass is 231 g/mol. The summed E-state index contributed by atoms with van der Waals surface area (Å²) < 4.78 is 11.0. The SMILES string of the molecule is CN1C(=O)[C@@H]2C[C@H](OP)O[C@]2(C)C1(C)C. The molecule has 0 aromatic carbocycles. The van der Waals surface area contributed by atoms with Crippen molar-refractivity contribution in [1.82, 2.24) is 4.90 Å². The van der Waals surface area contributed by atoms with Gasteiger partial charge in [-0.1, -0.05) is 0 Å². The summed E-state index contributed by atoms with van der Waals surface area (Å²) >= 11 is 0. The summed E-state index contributed by atoms with van der Waals surface area (Å²) in [6.07, 6.45) is 0.369. The molecule has 2 aliphatic heterocycles. The van der Waals surface area contributed by atoms with E-state index in [9.17, 15) is 4.79 Å². The lowest BCUT2D eigenvalue weighted by Gasteiger charge is -2.40. The number of rotatable bonds is 1. The number of nitrogens with zero attached hydrogens (tertiary/aromatic N) is 1. The molecule has 0 radical (unpaired) electrons. The maximum Gasteiger partial charge on any atom is 0.229 e. The Hall–Kier alpha value is -0.180. The highest BCUT2D eigenvalue weighted by atomic mass is 31.0. The minimum Gasteiger partial charge on any atom is -0.343 e. The lowest BCUT2D eigenvalue weighted by atomic mass is 9.79. The van der Waals surface area contributed by atoms with Crippen molar-refractivity contribution < 1.29 is 14.1 Å². The Balaban J connectivity index is 2.37. The van der Waals surface area contributed by atoms with Crippen LogP contribution >= 0.6 is 9.47 Å². The lowest BCUT2D eigenvalue weighted by Crippen LogP contribution is -2.52. The van der Waals surface area contributed by atoms with E-state index in [0.29, 0.717) is 6.42 Å². The van der Waals surface area contributed by atoms with Gasteiger partial charge in [0.1, 0.15) is 5.60 Å². The van der Waals surface area contributed by atoms with E-state index in [1.165, 1.54) is 0 Å². The molecule has 2 rings (SSSR count). The summed E-state index contributed by atoms with van der Waals surface area (Å²) in [4.78, 5) is 13.8. The van der Waals surface area contributed by atoms with Crippen LogP contribution in [0.5, 0.6) is 0 Å². The van der Waals surface area contributed by atoms with Crippen LogP contribution in [-0.2, 0) is 14.1 Å². The summed E-state index contributed by atoms with van der Waals surface area (Å²) in [6, 6.07) is 0. The van der Waals surface area contributed by atoms with Crippen molar-refractivity contribution >= 4 is 15.4 Å². The van der Waals surface area contributed by atoms with Crippen molar-refractivity contribution in [3.8, 4) is 0 Å². The molecule has 4 atom stereocenters. The van der Waals surface area contributed by atoms with E-state index >= 15 is 0 Å². The zero-order valence-corrected chi connectivity index (χ0v) is 10.8. The van der Waals surface area contributed by atoms with E-state index < -0.39 is 5.60 Å². The third kappa shape index (κ3) is 1.22. The van der Waals surface area contributed by atoms with E-state index in [4.69, 9.17) is 9.26 Å². The Bertz CT molecular complexity index is 307. The molecule has 0 N–H and O–H groups in total. The van der Waals surface area contributed by atoms with Crippen LogP contribution < -0.4 is 0 Å². The van der Waals surface area contributed by atoms with Crippen molar-refractivity contribution in [2.45, 2.75) is 44.6 Å². The lowest BCUT2D eigenvalue weighted by molar-refractivity contribution is -0.150. The Kier molecular flexibility index (Phi) is 2.38. The number of hydrogen-bond donors (Lipinski definition) is 0. The molecule has 86 valence electrons. The number of likely N-dealkylation sites (N-methyl/N-ethyl adjacent to an activating group) is 1. The third-order valence-corrected chi connectivity index (χ3v) is 4.61. The van der Waals surface area contributed by atoms with E-state index in [1.54, 1.807) is 4.90 Å². The molecule has 4 nitrogen and oxygen atoms in total. The molecule has 2 saturated heterocycles. The number of ether oxygens (including phenoxy) is 1. The fourth-order valence-corrected chi connectivity index (χ4v) is 2.82. The Morgan fingerprint density at radius 1 is 1.53 bits per heavy atom. The summed E-state index contributed by atoms with van der Waals surface area (Å²) in [5.74, 6) is 0.0788. The fraction of sp³-hybridized carbons (Fsp3) is 0.900. The molecule has 2 heterocycles. The normalized spacial score (nSPS) is 43.5. The predicted octanol–water partition coefficient (Wildman–Crippen LogP) is 1.16. The zero-order chi connectivity index (χ0) is 11.4. The molecule has 1 amide bonds. The molecular formula is C10H18NO3P. The van der Waals surface area contributed by atoms with Gasteiger partial charge in [-0.3, -0.25) is 4.79 Å². The number of hydrogen-bond acceptors (Lipinski definition) is 3. The van der Waals surface area contributed by atoms with Gasteiger partial charge in [0.05, 0.1) is 11.5 Å². The van der Waals surface area contributed by atoms with Gasteiger partial charge in [0.15, 0.2) is 6.29 Å². The number of fused-ring (bicyclic) bond motifs is 1. The van der Waals surface area contributed by atoms with Gasteiger partial charge in [-0.05, 0) is 20.8 Å². The molecule has 2 fully saturated rings. The van der Waals surface area contributed by atoms with Crippen LogP contribution in [0.3, 0.4) is 0 Å². The van der Waals surface area contributed by atoms with Gasteiger partial charge in [-0.15, -0.1) is 0 Å². The van der Waals surface area contributed by atoms with Crippen LogP contribution in [-0.4, -0.2) is 35.3 Å². The number of amides is 1. The van der Waals surface area contributed by atoms with Crippen LogP contribution in [0.4, 0.5) is 0 Å². The van der Waals surface area contributed by atoms with Crippen molar-refractivity contribution in [3.05, 3.63) is 0 Å². The Labute approximate surface area is 92.6 Å². The van der Waals surface area contributed by atoms with Gasteiger partial charge < -0.3 is 14.2 Å². The summed E-state index contributed by atoms with van der Waals surface area (Å²) in [6.45, 7) is 6.08. The average Bonchev–Trinajstić information content (AvgIpc) is 2.59. The second-order valence-corrected chi connectivity index (χ2v) is 5.31. The second-order valence-electron chi connectivity index (χ2n) is 5.04. The first-order valence-electron chi connectivity index (χ1n) is 5.15. The highest BCUT2D eigenvalue weighted by molar-refractivity contribution is 7.09. The van der Waals surface area contributed by atoms with Gasteiger partial charge in [0.2, 0.25) is 5.91 Å². The molecule has 1 unspecified atom stereocenters. The first-order valence-corrected chi connectivity index (χ1v) is 5.63. The van der Waals surface area contributed by atoms with E-state index in [2.05, 4.69) is 9.47 Å². The highest BCUT2D eigenvalue weighted by Crippen LogP contribution is 2.51. The quantitative estimate of drug-likeness (QED) is 0.636. The minimum absolute atomic E-state index is 0.0805. The Morgan fingerprint density at radius 3 is 2.60 bits per heavy atom. The highest BCUT2D eigenvalue weighted by Gasteiger charge is 2.65. The molecule has 0 saturated carbocycles. The van der Waals surface area contributed by atoms with Crippen LogP contribution in [0, 0.1) is 5.92 Å². The van der Waals surface area contributed by atoms with E-state index in [-0.39, 0.29) is 23.7 Å². The molecule has 0 aliphatic carbocycles. The van der Waals surface area contributed by atoms with Gasteiger partial charge in [-0.25, -0.2) is 0 Å². The standard InChI is InChI=1S/C10H18NO3P/c1-9(2)10(3)6(8(12)11(9)4)5-7(13-10)14-15/h6-7H,5,15H2,1-4H3/t6-,7-,10-/m0/s1. The number of likely N-dealkylation sites (tertiary alicyclic amines) is 1. The first kappa shape index (κ1) is 11.3. The Morgan fingerprint density at radius 2 is 2.13 bits per heavy atom. The fourth-order valence-electron chi connectivity index (χ4n) is 2.65. The van der Waals surface area contributed by atoms with Crippen molar-refractivity contribution in [3.63, 3.8) is 0 Å². The van der Waals surface area contributed by atoms with Gasteiger partial charge >= 0.3 is 0 Å². The molecular weight excluding hydrogens is 213 g/mol. The van der Waals surface area contributed by atoms with Gasteiger partial charge in [-0.2, -0.15) is 0 Å². The summed E-state index contributed by atoms with van der Waals surface area (Å²) in [7, 11) is 4.04. The first-order chi connectivity index (χ1) is 6.84. The molecule has 15 heavy (non-hydrogen) atoms. The van der Waals surface area contributed by atoms with Gasteiger partial charge in [0, 0.05) is 22.9 Å². The second kappa shape index (κ2) is 3.16. The number of carbonyl (C=O) groups is 1. The van der Waals surface area contributed by atoms with E-state index in [0.717, 1.165) is 0 Å². The van der Waals surface area contributed by atoms with Crippen molar-refractivity contribution in [2.75, 3.05) is 7.05 Å². The molecule has 0 spiro atoms. The van der Waals surface area contributed by atoms with Crippen LogP contribution in [0.15, 0.2) is 0 Å². The average molecular weight is 231 g/mol. The van der Waals surface area contributed by atoms with Crippen molar-refractivity contribution in [2.24, 2.45) is 5.92 Å². The third-order valence-electron chi connectivity index (χ3n) is 4.30. The van der Waals surface area contributed by atoms with Crippen LogP contribution in [0.2, 0.25) is 0 Å². The van der Waals surface area contributed by atoms with Crippen LogP contribution in [0.25, 0.3) is 0 Å². The maximum atomic E-state index is 12.1. The van der Waals surface area contributed by atoms with Crippen molar-refractivity contribution in [1.29, 1.82) is 0 Å². The maximum absolute atomic E-state index is 12.1. The van der Waals surface area contributed by atoms with E-state index in [1.807, 2.05) is 27.8 Å².